The molecule has 2 rings (SSSR count). The van der Waals surface area contributed by atoms with Gasteiger partial charge in [-0.15, -0.1) is 0 Å². The zero-order chi connectivity index (χ0) is 13.1. The van der Waals surface area contributed by atoms with Crippen LogP contribution in [0.25, 0.3) is 0 Å². The Morgan fingerprint density at radius 1 is 1.39 bits per heavy atom. The summed E-state index contributed by atoms with van der Waals surface area (Å²) < 4.78 is 4.94. The van der Waals surface area contributed by atoms with Crippen molar-refractivity contribution in [1.82, 2.24) is 0 Å². The number of carbonyl (C=O) groups is 1. The lowest BCUT2D eigenvalue weighted by Gasteiger charge is -2.36. The summed E-state index contributed by atoms with van der Waals surface area (Å²) in [6.07, 6.45) is 0. The van der Waals surface area contributed by atoms with E-state index in [-0.39, 0.29) is 12.5 Å². The molecule has 0 bridgehead atoms. The summed E-state index contributed by atoms with van der Waals surface area (Å²) >= 11 is 0. The Kier molecular flexibility index (Phi) is 3.84. The van der Waals surface area contributed by atoms with Gasteiger partial charge in [0.2, 0.25) is 5.91 Å². The Morgan fingerprint density at radius 2 is 2.06 bits per heavy atom. The average molecular weight is 249 g/mol. The van der Waals surface area contributed by atoms with Crippen molar-refractivity contribution in [3.63, 3.8) is 0 Å². The van der Waals surface area contributed by atoms with Gasteiger partial charge in [-0.05, 0) is 12.1 Å². The first-order chi connectivity index (χ1) is 8.65. The maximum atomic E-state index is 12.3. The van der Waals surface area contributed by atoms with Crippen LogP contribution in [0.2, 0.25) is 0 Å². The number of rotatable bonds is 3. The molecular weight excluding hydrogens is 230 g/mol. The molecule has 1 aromatic rings. The maximum absolute atomic E-state index is 12.3. The molecule has 0 saturated heterocycles. The minimum Gasteiger partial charge on any atom is -0.383 e. The van der Waals surface area contributed by atoms with E-state index in [1.54, 1.807) is 12.0 Å². The number of benzene rings is 1. The number of amides is 1. The summed E-state index contributed by atoms with van der Waals surface area (Å²) in [4.78, 5) is 16.1. The third-order valence-corrected chi connectivity index (χ3v) is 3.17. The normalized spacial score (nSPS) is 16.4. The van der Waals surface area contributed by atoms with Crippen molar-refractivity contribution in [2.75, 3.05) is 43.7 Å². The van der Waals surface area contributed by atoms with Crippen molar-refractivity contribution in [2.45, 2.75) is 6.04 Å². The van der Waals surface area contributed by atoms with Crippen LogP contribution < -0.4 is 15.5 Å². The maximum Gasteiger partial charge on any atom is 0.246 e. The Labute approximate surface area is 107 Å². The predicted molar refractivity (Wildman–Crippen MR) is 71.9 cm³/mol. The fourth-order valence-corrected chi connectivity index (χ4v) is 2.19. The van der Waals surface area contributed by atoms with Gasteiger partial charge in [0.05, 0.1) is 18.0 Å². The smallest absolute Gasteiger partial charge is 0.246 e. The van der Waals surface area contributed by atoms with E-state index in [9.17, 15) is 4.79 Å². The van der Waals surface area contributed by atoms with Gasteiger partial charge in [-0.2, -0.15) is 0 Å². The number of hydrogen-bond donors (Lipinski definition) is 1. The molecule has 0 aliphatic carbocycles. The van der Waals surface area contributed by atoms with E-state index in [1.807, 2.05) is 31.3 Å². The monoisotopic (exact) mass is 249 g/mol. The van der Waals surface area contributed by atoms with Crippen LogP contribution in [0.15, 0.2) is 24.3 Å². The average Bonchev–Trinajstić information content (AvgIpc) is 2.39. The standard InChI is InChI=1S/C13H19N3O2/c1-15-7-8-16(13(17)10(14)9-18-2)12-6-4-3-5-11(12)15/h3-6,10H,7-9,14H2,1-2H3. The summed E-state index contributed by atoms with van der Waals surface area (Å²) in [5.41, 5.74) is 7.80. The van der Waals surface area contributed by atoms with Gasteiger partial charge >= 0.3 is 0 Å². The van der Waals surface area contributed by atoms with Crippen molar-refractivity contribution in [3.05, 3.63) is 24.3 Å². The lowest BCUT2D eigenvalue weighted by atomic mass is 10.1. The van der Waals surface area contributed by atoms with Gasteiger partial charge < -0.3 is 20.3 Å². The van der Waals surface area contributed by atoms with Crippen LogP contribution in [0.3, 0.4) is 0 Å². The molecule has 1 aliphatic heterocycles. The van der Waals surface area contributed by atoms with Crippen molar-refractivity contribution >= 4 is 17.3 Å². The highest BCUT2D eigenvalue weighted by Crippen LogP contribution is 2.31. The Bertz CT molecular complexity index is 436. The molecule has 18 heavy (non-hydrogen) atoms. The van der Waals surface area contributed by atoms with Crippen LogP contribution >= 0.6 is 0 Å². The van der Waals surface area contributed by atoms with Gasteiger partial charge in [0.1, 0.15) is 6.04 Å². The molecule has 1 amide bonds. The molecule has 1 aromatic carbocycles. The molecule has 0 fully saturated rings. The first kappa shape index (κ1) is 12.9. The van der Waals surface area contributed by atoms with E-state index >= 15 is 0 Å². The topological polar surface area (TPSA) is 58.8 Å². The van der Waals surface area contributed by atoms with Gasteiger partial charge in [0.15, 0.2) is 0 Å². The lowest BCUT2D eigenvalue weighted by Crippen LogP contribution is -2.50. The van der Waals surface area contributed by atoms with Crippen LogP contribution in [-0.2, 0) is 9.53 Å². The number of anilines is 2. The van der Waals surface area contributed by atoms with Gasteiger partial charge in [-0.1, -0.05) is 12.1 Å². The second-order valence-electron chi connectivity index (χ2n) is 4.46. The summed E-state index contributed by atoms with van der Waals surface area (Å²) in [5.74, 6) is -0.0857. The number of hydrogen-bond acceptors (Lipinski definition) is 4. The van der Waals surface area contributed by atoms with Gasteiger partial charge in [0, 0.05) is 27.2 Å². The van der Waals surface area contributed by atoms with E-state index in [4.69, 9.17) is 10.5 Å². The molecule has 0 saturated carbocycles. The van der Waals surface area contributed by atoms with Crippen molar-refractivity contribution in [1.29, 1.82) is 0 Å². The summed E-state index contributed by atoms with van der Waals surface area (Å²) in [5, 5.41) is 0. The molecule has 1 atom stereocenters. The number of ether oxygens (including phenoxy) is 1. The molecule has 5 nitrogen and oxygen atoms in total. The van der Waals surface area contributed by atoms with E-state index in [2.05, 4.69) is 4.90 Å². The molecule has 2 N–H and O–H groups in total. The van der Waals surface area contributed by atoms with Crippen molar-refractivity contribution in [2.24, 2.45) is 5.73 Å². The predicted octanol–water partition coefficient (Wildman–Crippen LogP) is 0.443. The van der Waals surface area contributed by atoms with E-state index in [0.717, 1.165) is 17.9 Å². The van der Waals surface area contributed by atoms with Gasteiger partial charge in [0.25, 0.3) is 0 Å². The number of fused-ring (bicyclic) bond motifs is 1. The fourth-order valence-electron chi connectivity index (χ4n) is 2.19. The zero-order valence-corrected chi connectivity index (χ0v) is 10.8. The summed E-state index contributed by atoms with van der Waals surface area (Å²) in [6, 6.07) is 7.25. The largest absolute Gasteiger partial charge is 0.383 e. The minimum absolute atomic E-state index is 0.0857. The molecule has 5 heteroatoms. The second-order valence-corrected chi connectivity index (χ2v) is 4.46. The number of nitrogens with zero attached hydrogens (tertiary/aromatic N) is 2. The Hall–Kier alpha value is -1.59. The van der Waals surface area contributed by atoms with Crippen molar-refractivity contribution < 1.29 is 9.53 Å². The third-order valence-electron chi connectivity index (χ3n) is 3.17. The highest BCUT2D eigenvalue weighted by molar-refractivity contribution is 6.00. The van der Waals surface area contributed by atoms with Crippen LogP contribution in [0, 0.1) is 0 Å². The lowest BCUT2D eigenvalue weighted by molar-refractivity contribution is -0.120. The summed E-state index contributed by atoms with van der Waals surface area (Å²) in [6.45, 7) is 1.71. The Balaban J connectivity index is 2.26. The SMILES string of the molecule is COCC(N)C(=O)N1CCN(C)c2ccccc21. The molecule has 0 radical (unpaired) electrons. The van der Waals surface area contributed by atoms with E-state index in [0.29, 0.717) is 6.54 Å². The molecule has 1 unspecified atom stereocenters. The molecule has 98 valence electrons. The zero-order valence-electron chi connectivity index (χ0n) is 10.8. The number of methoxy groups -OCH3 is 1. The van der Waals surface area contributed by atoms with E-state index in [1.165, 1.54) is 0 Å². The van der Waals surface area contributed by atoms with Gasteiger partial charge in [-0.25, -0.2) is 0 Å². The number of carbonyl (C=O) groups excluding carboxylic acids is 1. The third kappa shape index (κ3) is 2.32. The minimum atomic E-state index is -0.605. The molecule has 0 aromatic heterocycles. The number of likely N-dealkylation sites (N-methyl/N-ethyl adjacent to an activating group) is 1. The highest BCUT2D eigenvalue weighted by Gasteiger charge is 2.28. The molecule has 0 spiro atoms. The quantitative estimate of drug-likeness (QED) is 0.844. The first-order valence-electron chi connectivity index (χ1n) is 6.01. The van der Waals surface area contributed by atoms with Crippen LogP contribution in [0.5, 0.6) is 0 Å². The Morgan fingerprint density at radius 3 is 2.72 bits per heavy atom. The second kappa shape index (κ2) is 5.37. The first-order valence-corrected chi connectivity index (χ1v) is 6.01. The van der Waals surface area contributed by atoms with Crippen LogP contribution in [0.1, 0.15) is 0 Å². The molecule has 1 heterocycles. The summed E-state index contributed by atoms with van der Waals surface area (Å²) in [7, 11) is 3.57. The van der Waals surface area contributed by atoms with Gasteiger partial charge in [-0.3, -0.25) is 4.79 Å². The highest BCUT2D eigenvalue weighted by atomic mass is 16.5. The van der Waals surface area contributed by atoms with Crippen molar-refractivity contribution in [3.8, 4) is 0 Å². The molecule has 1 aliphatic rings. The fraction of sp³-hybridized carbons (Fsp3) is 0.462. The molecular formula is C13H19N3O2. The number of nitrogens with two attached hydrogens (primary N) is 1. The number of para-hydroxylation sites is 2. The van der Waals surface area contributed by atoms with Crippen LogP contribution in [-0.4, -0.2) is 45.8 Å². The van der Waals surface area contributed by atoms with E-state index < -0.39 is 6.04 Å². The van der Waals surface area contributed by atoms with Crippen LogP contribution in [0.4, 0.5) is 11.4 Å².